The van der Waals surface area contributed by atoms with Crippen molar-refractivity contribution in [1.29, 1.82) is 0 Å². The first kappa shape index (κ1) is 7.60. The van der Waals surface area contributed by atoms with E-state index in [0.717, 1.165) is 5.92 Å². The number of hydrogen-bond donors (Lipinski definition) is 1. The van der Waals surface area contributed by atoms with E-state index in [2.05, 4.69) is 20.8 Å². The van der Waals surface area contributed by atoms with Crippen LogP contribution in [0, 0.1) is 16.7 Å². The second-order valence-corrected chi connectivity index (χ2v) is 5.39. The van der Waals surface area contributed by atoms with Crippen LogP contribution in [-0.4, -0.2) is 6.04 Å². The lowest BCUT2D eigenvalue weighted by Gasteiger charge is -2.40. The Kier molecular flexibility index (Phi) is 1.26. The maximum Gasteiger partial charge on any atom is 0.0147 e. The highest BCUT2D eigenvalue weighted by molar-refractivity contribution is 5.10. The quantitative estimate of drug-likeness (QED) is 0.567. The van der Waals surface area contributed by atoms with Crippen molar-refractivity contribution in [3.63, 3.8) is 0 Å². The number of rotatable bonds is 0. The summed E-state index contributed by atoms with van der Waals surface area (Å²) in [7, 11) is 0. The second kappa shape index (κ2) is 1.82. The van der Waals surface area contributed by atoms with E-state index in [1.165, 1.54) is 19.3 Å². The lowest BCUT2D eigenvalue weighted by Crippen LogP contribution is -2.46. The molecule has 0 aromatic carbocycles. The Hall–Kier alpha value is -0.0400. The van der Waals surface area contributed by atoms with Crippen LogP contribution < -0.4 is 5.73 Å². The van der Waals surface area contributed by atoms with Gasteiger partial charge in [-0.1, -0.05) is 20.8 Å². The maximum atomic E-state index is 6.23. The Morgan fingerprint density at radius 2 is 1.91 bits per heavy atom. The molecule has 11 heavy (non-hydrogen) atoms. The van der Waals surface area contributed by atoms with E-state index in [-0.39, 0.29) is 0 Å². The summed E-state index contributed by atoms with van der Waals surface area (Å²) in [4.78, 5) is 0. The SMILES string of the molecule is CC1(C)[C@H]2CC[C@@](C)(C2)[C@@H]1N. The molecule has 0 spiro atoms. The Bertz CT molecular complexity index is 181. The van der Waals surface area contributed by atoms with Crippen LogP contribution in [0.2, 0.25) is 0 Å². The molecule has 64 valence electrons. The summed E-state index contributed by atoms with van der Waals surface area (Å²) in [6.07, 6.45) is 4.15. The molecular formula is C10H19N. The molecule has 1 heteroatoms. The molecule has 0 aromatic heterocycles. The zero-order valence-corrected chi connectivity index (χ0v) is 7.85. The largest absolute Gasteiger partial charge is 0.327 e. The Morgan fingerprint density at radius 1 is 1.27 bits per heavy atom. The van der Waals surface area contributed by atoms with Gasteiger partial charge < -0.3 is 5.73 Å². The zero-order chi connectivity index (χ0) is 8.28. The number of hydrogen-bond acceptors (Lipinski definition) is 1. The van der Waals surface area contributed by atoms with E-state index >= 15 is 0 Å². The van der Waals surface area contributed by atoms with Gasteiger partial charge in [-0.05, 0) is 36.0 Å². The van der Waals surface area contributed by atoms with Crippen molar-refractivity contribution in [2.75, 3.05) is 0 Å². The van der Waals surface area contributed by atoms with E-state index in [1.807, 2.05) is 0 Å². The van der Waals surface area contributed by atoms with Crippen LogP contribution in [0.4, 0.5) is 0 Å². The molecule has 1 nitrogen and oxygen atoms in total. The Morgan fingerprint density at radius 3 is 2.18 bits per heavy atom. The van der Waals surface area contributed by atoms with Crippen LogP contribution in [0.15, 0.2) is 0 Å². The van der Waals surface area contributed by atoms with E-state index < -0.39 is 0 Å². The van der Waals surface area contributed by atoms with Crippen LogP contribution in [0.3, 0.4) is 0 Å². The number of nitrogens with two attached hydrogens (primary N) is 1. The molecule has 0 unspecified atom stereocenters. The summed E-state index contributed by atoms with van der Waals surface area (Å²) < 4.78 is 0. The predicted octanol–water partition coefficient (Wildman–Crippen LogP) is 2.16. The first-order valence-electron chi connectivity index (χ1n) is 4.72. The van der Waals surface area contributed by atoms with Gasteiger partial charge in [-0.3, -0.25) is 0 Å². The molecule has 2 rings (SSSR count). The molecule has 3 atom stereocenters. The normalized spacial score (nSPS) is 53.5. The minimum absolute atomic E-state index is 0.410. The first-order valence-corrected chi connectivity index (χ1v) is 4.72. The Balaban J connectivity index is 2.34. The van der Waals surface area contributed by atoms with Crippen molar-refractivity contribution >= 4 is 0 Å². The molecule has 2 fully saturated rings. The lowest BCUT2D eigenvalue weighted by atomic mass is 9.69. The third-order valence-electron chi connectivity index (χ3n) is 4.38. The molecular weight excluding hydrogens is 134 g/mol. The van der Waals surface area contributed by atoms with E-state index in [0.29, 0.717) is 16.9 Å². The van der Waals surface area contributed by atoms with Crippen molar-refractivity contribution in [3.8, 4) is 0 Å². The van der Waals surface area contributed by atoms with Gasteiger partial charge in [0.1, 0.15) is 0 Å². The van der Waals surface area contributed by atoms with Crippen molar-refractivity contribution in [2.24, 2.45) is 22.5 Å². The minimum Gasteiger partial charge on any atom is -0.327 e. The summed E-state index contributed by atoms with van der Waals surface area (Å²) in [5, 5.41) is 0. The minimum atomic E-state index is 0.410. The lowest BCUT2D eigenvalue weighted by molar-refractivity contribution is 0.141. The molecule has 0 amide bonds. The first-order chi connectivity index (χ1) is 4.97. The van der Waals surface area contributed by atoms with Crippen molar-refractivity contribution in [1.82, 2.24) is 0 Å². The number of fused-ring (bicyclic) bond motifs is 2. The Labute approximate surface area is 69.4 Å². The molecule has 2 N–H and O–H groups in total. The van der Waals surface area contributed by atoms with Gasteiger partial charge in [0, 0.05) is 6.04 Å². The highest BCUT2D eigenvalue weighted by atomic mass is 14.8. The van der Waals surface area contributed by atoms with Gasteiger partial charge in [0.05, 0.1) is 0 Å². The molecule has 0 radical (unpaired) electrons. The van der Waals surface area contributed by atoms with Gasteiger partial charge in [0.2, 0.25) is 0 Å². The van der Waals surface area contributed by atoms with E-state index in [1.54, 1.807) is 0 Å². The fraction of sp³-hybridized carbons (Fsp3) is 1.00. The van der Waals surface area contributed by atoms with Gasteiger partial charge >= 0.3 is 0 Å². The molecule has 0 aromatic rings. The molecule has 0 aliphatic heterocycles. The van der Waals surface area contributed by atoms with Crippen LogP contribution >= 0.6 is 0 Å². The van der Waals surface area contributed by atoms with Crippen molar-refractivity contribution in [3.05, 3.63) is 0 Å². The molecule has 2 aliphatic rings. The molecule has 2 bridgehead atoms. The fourth-order valence-corrected chi connectivity index (χ4v) is 3.34. The van der Waals surface area contributed by atoms with Crippen LogP contribution in [0.5, 0.6) is 0 Å². The van der Waals surface area contributed by atoms with E-state index in [4.69, 9.17) is 5.73 Å². The van der Waals surface area contributed by atoms with Gasteiger partial charge in [-0.15, -0.1) is 0 Å². The van der Waals surface area contributed by atoms with Crippen molar-refractivity contribution in [2.45, 2.75) is 46.1 Å². The fourth-order valence-electron chi connectivity index (χ4n) is 3.34. The average Bonchev–Trinajstić information content (AvgIpc) is 2.36. The van der Waals surface area contributed by atoms with Gasteiger partial charge in [-0.25, -0.2) is 0 Å². The second-order valence-electron chi connectivity index (χ2n) is 5.39. The molecule has 0 heterocycles. The predicted molar refractivity (Wildman–Crippen MR) is 47.2 cm³/mol. The van der Waals surface area contributed by atoms with Gasteiger partial charge in [0.15, 0.2) is 0 Å². The van der Waals surface area contributed by atoms with E-state index in [9.17, 15) is 0 Å². The third kappa shape index (κ3) is 0.752. The van der Waals surface area contributed by atoms with Crippen LogP contribution in [0.1, 0.15) is 40.0 Å². The molecule has 0 saturated heterocycles. The summed E-state index contributed by atoms with van der Waals surface area (Å²) in [5.74, 6) is 0.905. The summed E-state index contributed by atoms with van der Waals surface area (Å²) >= 11 is 0. The van der Waals surface area contributed by atoms with Gasteiger partial charge in [-0.2, -0.15) is 0 Å². The highest BCUT2D eigenvalue weighted by Crippen LogP contribution is 2.61. The summed E-state index contributed by atoms with van der Waals surface area (Å²) in [6.45, 7) is 7.05. The van der Waals surface area contributed by atoms with Gasteiger partial charge in [0.25, 0.3) is 0 Å². The molecule has 2 aliphatic carbocycles. The topological polar surface area (TPSA) is 26.0 Å². The summed E-state index contributed by atoms with van der Waals surface area (Å²) in [6, 6.07) is 0.439. The smallest absolute Gasteiger partial charge is 0.0147 e. The standard InChI is InChI=1S/C10H19N/c1-9(2)7-4-5-10(3,6-7)8(9)11/h7-8H,4-6,11H2,1-3H3/t7-,8+,10-/m0/s1. The highest BCUT2D eigenvalue weighted by Gasteiger charge is 2.57. The zero-order valence-electron chi connectivity index (χ0n) is 7.85. The third-order valence-corrected chi connectivity index (χ3v) is 4.38. The monoisotopic (exact) mass is 153 g/mol. The molecule has 2 saturated carbocycles. The average molecular weight is 153 g/mol. The maximum absolute atomic E-state index is 6.23. The van der Waals surface area contributed by atoms with Crippen LogP contribution in [-0.2, 0) is 0 Å². The summed E-state index contributed by atoms with van der Waals surface area (Å²) in [5.41, 5.74) is 7.12. The van der Waals surface area contributed by atoms with Crippen LogP contribution in [0.25, 0.3) is 0 Å². The van der Waals surface area contributed by atoms with Crippen molar-refractivity contribution < 1.29 is 0 Å².